The molecule has 0 bridgehead atoms. The summed E-state index contributed by atoms with van der Waals surface area (Å²) in [5.41, 5.74) is 0. The molecule has 2 N–H and O–H groups in total. The molecular formula is C6H10O4. The normalized spacial score (nSPS) is 31.3. The average molecular weight is 146 g/mol. The van der Waals surface area contributed by atoms with Crippen molar-refractivity contribution in [2.24, 2.45) is 0 Å². The summed E-state index contributed by atoms with van der Waals surface area (Å²) in [6.07, 6.45) is 0.838. The number of aliphatic hydroxyl groups excluding tert-OH is 1. The van der Waals surface area contributed by atoms with Gasteiger partial charge in [0.1, 0.15) is 6.61 Å². The Morgan fingerprint density at radius 1 is 1.60 bits per heavy atom. The molecule has 0 aromatic heterocycles. The van der Waals surface area contributed by atoms with Crippen molar-refractivity contribution in [1.82, 2.24) is 0 Å². The van der Waals surface area contributed by atoms with Gasteiger partial charge in [-0.05, 0) is 12.8 Å². The van der Waals surface area contributed by atoms with Crippen LogP contribution in [0.1, 0.15) is 12.8 Å². The first-order valence-corrected chi connectivity index (χ1v) is 3.20. The third-order valence-electron chi connectivity index (χ3n) is 1.51. The molecule has 1 saturated carbocycles. The third-order valence-corrected chi connectivity index (χ3v) is 1.51. The van der Waals surface area contributed by atoms with Crippen LogP contribution in [0.5, 0.6) is 0 Å². The van der Waals surface area contributed by atoms with Crippen LogP contribution in [0.25, 0.3) is 0 Å². The van der Waals surface area contributed by atoms with Crippen molar-refractivity contribution in [3.63, 3.8) is 0 Å². The van der Waals surface area contributed by atoms with Crippen molar-refractivity contribution in [2.45, 2.75) is 25.0 Å². The average Bonchev–Trinajstić information content (AvgIpc) is 1.77. The molecule has 10 heavy (non-hydrogen) atoms. The molecule has 4 heteroatoms. The van der Waals surface area contributed by atoms with E-state index in [-0.39, 0.29) is 18.8 Å². The second kappa shape index (κ2) is 2.98. The van der Waals surface area contributed by atoms with Crippen LogP contribution in [0.4, 0.5) is 0 Å². The van der Waals surface area contributed by atoms with Gasteiger partial charge in [-0.15, -0.1) is 0 Å². The summed E-state index contributed by atoms with van der Waals surface area (Å²) in [4.78, 5) is 9.94. The maximum atomic E-state index is 9.94. The monoisotopic (exact) mass is 146 g/mol. The van der Waals surface area contributed by atoms with E-state index in [4.69, 9.17) is 14.9 Å². The van der Waals surface area contributed by atoms with E-state index < -0.39 is 5.97 Å². The van der Waals surface area contributed by atoms with E-state index in [1.165, 1.54) is 0 Å². The number of carboxylic acids is 1. The van der Waals surface area contributed by atoms with Crippen LogP contribution in [0, 0.1) is 0 Å². The second-order valence-electron chi connectivity index (χ2n) is 2.45. The van der Waals surface area contributed by atoms with Crippen LogP contribution in [0.3, 0.4) is 0 Å². The fraction of sp³-hybridized carbons (Fsp3) is 0.833. The van der Waals surface area contributed by atoms with E-state index in [9.17, 15) is 4.79 Å². The summed E-state index contributed by atoms with van der Waals surface area (Å²) in [7, 11) is 0. The molecule has 0 unspecified atom stereocenters. The molecule has 0 heterocycles. The number of hydrogen-bond acceptors (Lipinski definition) is 3. The molecular weight excluding hydrogens is 136 g/mol. The van der Waals surface area contributed by atoms with Crippen molar-refractivity contribution in [1.29, 1.82) is 0 Å². The smallest absolute Gasteiger partial charge is 0.329 e. The maximum Gasteiger partial charge on any atom is 0.329 e. The van der Waals surface area contributed by atoms with Crippen molar-refractivity contribution in [3.05, 3.63) is 0 Å². The minimum Gasteiger partial charge on any atom is -0.480 e. The molecule has 0 aliphatic heterocycles. The van der Waals surface area contributed by atoms with Gasteiger partial charge in [-0.1, -0.05) is 0 Å². The Balaban J connectivity index is 2.00. The zero-order chi connectivity index (χ0) is 7.56. The molecule has 1 aliphatic rings. The van der Waals surface area contributed by atoms with Gasteiger partial charge in [0.2, 0.25) is 0 Å². The van der Waals surface area contributed by atoms with Gasteiger partial charge in [0.25, 0.3) is 0 Å². The number of aliphatic carboxylic acids is 1. The lowest BCUT2D eigenvalue weighted by molar-refractivity contribution is -0.149. The van der Waals surface area contributed by atoms with Crippen LogP contribution in [-0.4, -0.2) is 35.0 Å². The zero-order valence-electron chi connectivity index (χ0n) is 5.49. The lowest BCUT2D eigenvalue weighted by Gasteiger charge is -2.30. The van der Waals surface area contributed by atoms with Crippen molar-refractivity contribution >= 4 is 5.97 Å². The van der Waals surface area contributed by atoms with Crippen molar-refractivity contribution in [2.75, 3.05) is 6.61 Å². The minimum atomic E-state index is -0.957. The maximum absolute atomic E-state index is 9.94. The highest BCUT2D eigenvalue weighted by atomic mass is 16.5. The summed E-state index contributed by atoms with van der Waals surface area (Å²) in [5.74, 6) is -0.957. The lowest BCUT2D eigenvalue weighted by atomic mass is 9.92. The zero-order valence-corrected chi connectivity index (χ0v) is 5.49. The van der Waals surface area contributed by atoms with E-state index in [0.717, 1.165) is 0 Å². The lowest BCUT2D eigenvalue weighted by Crippen LogP contribution is -2.36. The molecule has 0 aromatic rings. The van der Waals surface area contributed by atoms with Gasteiger partial charge >= 0.3 is 5.97 Å². The minimum absolute atomic E-state index is 0.0360. The molecule has 4 nitrogen and oxygen atoms in total. The van der Waals surface area contributed by atoms with Crippen molar-refractivity contribution < 1.29 is 19.7 Å². The molecule has 1 aliphatic carbocycles. The summed E-state index contributed by atoms with van der Waals surface area (Å²) in [6, 6.07) is 0. The van der Waals surface area contributed by atoms with Gasteiger partial charge in [0.15, 0.2) is 0 Å². The molecule has 0 spiro atoms. The first-order valence-electron chi connectivity index (χ1n) is 3.20. The first kappa shape index (κ1) is 7.50. The summed E-state index contributed by atoms with van der Waals surface area (Å²) in [6.45, 7) is -0.253. The van der Waals surface area contributed by atoms with Crippen LogP contribution < -0.4 is 0 Å². The van der Waals surface area contributed by atoms with Crippen molar-refractivity contribution in [3.8, 4) is 0 Å². The van der Waals surface area contributed by atoms with Gasteiger partial charge in [0, 0.05) is 0 Å². The molecule has 0 atom stereocenters. The van der Waals surface area contributed by atoms with Gasteiger partial charge in [-0.3, -0.25) is 0 Å². The first-order chi connectivity index (χ1) is 4.68. The largest absolute Gasteiger partial charge is 0.480 e. The fourth-order valence-corrected chi connectivity index (χ4v) is 0.863. The predicted octanol–water partition coefficient (Wildman–Crippen LogP) is -0.389. The number of carbonyl (C=O) groups is 1. The van der Waals surface area contributed by atoms with E-state index in [1.807, 2.05) is 0 Å². The van der Waals surface area contributed by atoms with Crippen LogP contribution in [0.2, 0.25) is 0 Å². The number of carboxylic acid groups (broad SMARTS) is 1. The molecule has 0 saturated heterocycles. The SMILES string of the molecule is O=C(O)CO[C@H]1C[C@@H](O)C1. The fourth-order valence-electron chi connectivity index (χ4n) is 0.863. The Hall–Kier alpha value is -0.610. The quantitative estimate of drug-likeness (QED) is 0.569. The van der Waals surface area contributed by atoms with Gasteiger partial charge in [-0.2, -0.15) is 0 Å². The number of ether oxygens (including phenoxy) is 1. The van der Waals surface area contributed by atoms with E-state index in [2.05, 4.69) is 0 Å². The molecule has 0 amide bonds. The van der Waals surface area contributed by atoms with Gasteiger partial charge in [0.05, 0.1) is 12.2 Å². The topological polar surface area (TPSA) is 66.8 Å². The Morgan fingerprint density at radius 2 is 2.20 bits per heavy atom. The molecule has 0 radical (unpaired) electrons. The predicted molar refractivity (Wildman–Crippen MR) is 32.6 cm³/mol. The number of hydrogen-bond donors (Lipinski definition) is 2. The highest BCUT2D eigenvalue weighted by Gasteiger charge is 2.28. The number of rotatable bonds is 3. The summed E-state index contributed by atoms with van der Waals surface area (Å²) >= 11 is 0. The van der Waals surface area contributed by atoms with Gasteiger partial charge < -0.3 is 14.9 Å². The van der Waals surface area contributed by atoms with E-state index in [1.54, 1.807) is 0 Å². The standard InChI is InChI=1S/C6H10O4/c7-4-1-5(2-4)10-3-6(8)9/h4-5,7H,1-3H2,(H,8,9)/t4-,5+. The summed E-state index contributed by atoms with van der Waals surface area (Å²) in [5, 5.41) is 16.9. The number of aliphatic hydroxyl groups is 1. The Labute approximate surface area is 58.4 Å². The van der Waals surface area contributed by atoms with E-state index >= 15 is 0 Å². The van der Waals surface area contributed by atoms with Crippen LogP contribution in [-0.2, 0) is 9.53 Å². The molecule has 1 rings (SSSR count). The van der Waals surface area contributed by atoms with Crippen LogP contribution >= 0.6 is 0 Å². The Morgan fingerprint density at radius 3 is 2.60 bits per heavy atom. The molecule has 1 fully saturated rings. The Kier molecular flexibility index (Phi) is 2.24. The van der Waals surface area contributed by atoms with Crippen LogP contribution in [0.15, 0.2) is 0 Å². The Bertz CT molecular complexity index is 128. The third kappa shape index (κ3) is 1.97. The molecule has 0 aromatic carbocycles. The summed E-state index contributed by atoms with van der Waals surface area (Å²) < 4.78 is 4.85. The van der Waals surface area contributed by atoms with E-state index in [0.29, 0.717) is 12.8 Å². The second-order valence-corrected chi connectivity index (χ2v) is 2.45. The highest BCUT2D eigenvalue weighted by molar-refractivity contribution is 5.68. The highest BCUT2D eigenvalue weighted by Crippen LogP contribution is 2.22. The van der Waals surface area contributed by atoms with Gasteiger partial charge in [-0.25, -0.2) is 4.79 Å². The molecule has 58 valence electrons.